The molecule has 0 saturated heterocycles. The van der Waals surface area contributed by atoms with Gasteiger partial charge in [0.05, 0.1) is 0 Å². The Hall–Kier alpha value is -2.48. The highest BCUT2D eigenvalue weighted by Gasteiger charge is 2.08. The molecule has 0 radical (unpaired) electrons. The van der Waals surface area contributed by atoms with Gasteiger partial charge >= 0.3 is 0 Å². The highest BCUT2D eigenvalue weighted by molar-refractivity contribution is 5.22. The molecule has 0 heterocycles. The second-order valence-electron chi connectivity index (χ2n) is 5.18. The molecule has 0 atom stereocenters. The van der Waals surface area contributed by atoms with Crippen molar-refractivity contribution < 1.29 is 9.47 Å². The summed E-state index contributed by atoms with van der Waals surface area (Å²) in [5.41, 5.74) is 2.29. The van der Waals surface area contributed by atoms with Gasteiger partial charge in [-0.15, -0.1) is 0 Å². The van der Waals surface area contributed by atoms with E-state index in [1.165, 1.54) is 0 Å². The molecule has 0 saturated carbocycles. The number of hydrogen-bond acceptors (Lipinski definition) is 2. The third kappa shape index (κ3) is 5.67. The van der Waals surface area contributed by atoms with Gasteiger partial charge in [0.2, 0.25) is 0 Å². The summed E-state index contributed by atoms with van der Waals surface area (Å²) in [7, 11) is 0. The fourth-order valence-electron chi connectivity index (χ4n) is 2.18. The van der Waals surface area contributed by atoms with Crippen LogP contribution in [0, 0.1) is 0 Å². The first-order chi connectivity index (χ1) is 11.3. The molecular formula is C21H24O2. The van der Waals surface area contributed by atoms with Gasteiger partial charge in [-0.2, -0.15) is 0 Å². The van der Waals surface area contributed by atoms with Gasteiger partial charge in [0.15, 0.2) is 11.5 Å². The number of allylic oxidation sites excluding steroid dienone is 2. The molecule has 0 bridgehead atoms. The molecule has 0 aliphatic heterocycles. The molecule has 23 heavy (non-hydrogen) atoms. The molecule has 0 spiro atoms. The third-order valence-corrected chi connectivity index (χ3v) is 3.37. The van der Waals surface area contributed by atoms with Gasteiger partial charge in [-0.05, 0) is 36.6 Å². The van der Waals surface area contributed by atoms with E-state index in [0.717, 1.165) is 29.1 Å². The van der Waals surface area contributed by atoms with Crippen LogP contribution in [0.3, 0.4) is 0 Å². The lowest BCUT2D eigenvalue weighted by atomic mass is 10.2. The average Bonchev–Trinajstić information content (AvgIpc) is 2.62. The van der Waals surface area contributed by atoms with Crippen LogP contribution in [0.5, 0.6) is 0 Å². The van der Waals surface area contributed by atoms with Crippen molar-refractivity contribution in [1.82, 2.24) is 0 Å². The van der Waals surface area contributed by atoms with Crippen molar-refractivity contribution in [2.75, 3.05) is 0 Å². The van der Waals surface area contributed by atoms with Gasteiger partial charge in [0.1, 0.15) is 13.2 Å². The van der Waals surface area contributed by atoms with Gasteiger partial charge in [-0.3, -0.25) is 0 Å². The number of hydrogen-bond donors (Lipinski definition) is 0. The summed E-state index contributed by atoms with van der Waals surface area (Å²) < 4.78 is 11.9. The van der Waals surface area contributed by atoms with E-state index >= 15 is 0 Å². The lowest BCUT2D eigenvalue weighted by Gasteiger charge is -2.15. The molecule has 0 unspecified atom stereocenters. The smallest absolute Gasteiger partial charge is 0.157 e. The normalized spacial score (nSPS) is 12.1. The summed E-state index contributed by atoms with van der Waals surface area (Å²) in [6, 6.07) is 20.3. The third-order valence-electron chi connectivity index (χ3n) is 3.37. The highest BCUT2D eigenvalue weighted by Crippen LogP contribution is 2.18. The summed E-state index contributed by atoms with van der Waals surface area (Å²) in [5.74, 6) is 1.58. The Kier molecular flexibility index (Phi) is 6.99. The van der Waals surface area contributed by atoms with Crippen LogP contribution in [0.25, 0.3) is 0 Å². The number of rotatable bonds is 8. The van der Waals surface area contributed by atoms with Gasteiger partial charge in [0.25, 0.3) is 0 Å². The average molecular weight is 308 g/mol. The molecule has 2 rings (SSSR count). The highest BCUT2D eigenvalue weighted by atomic mass is 16.5. The Bertz CT molecular complexity index is 627. The van der Waals surface area contributed by atoms with E-state index in [0.29, 0.717) is 13.2 Å². The SMILES string of the molecule is C/C=C(OCc1ccccc1)\C(=C/CC)OCc1ccccc1. The zero-order chi connectivity index (χ0) is 16.3. The van der Waals surface area contributed by atoms with Crippen LogP contribution in [0.2, 0.25) is 0 Å². The predicted octanol–water partition coefficient (Wildman–Crippen LogP) is 5.62. The lowest BCUT2D eigenvalue weighted by Crippen LogP contribution is -2.02. The maximum Gasteiger partial charge on any atom is 0.157 e. The van der Waals surface area contributed by atoms with Crippen LogP contribution < -0.4 is 0 Å². The molecule has 0 fully saturated rings. The van der Waals surface area contributed by atoms with Gasteiger partial charge in [-0.1, -0.05) is 67.6 Å². The Morgan fingerprint density at radius 3 is 1.70 bits per heavy atom. The van der Waals surface area contributed by atoms with Crippen molar-refractivity contribution in [2.45, 2.75) is 33.5 Å². The minimum atomic E-state index is 0.538. The number of benzene rings is 2. The van der Waals surface area contributed by atoms with Crippen molar-refractivity contribution in [2.24, 2.45) is 0 Å². The van der Waals surface area contributed by atoms with Gasteiger partial charge in [0, 0.05) is 0 Å². The van der Waals surface area contributed by atoms with Crippen LogP contribution >= 0.6 is 0 Å². The summed E-state index contributed by atoms with van der Waals surface area (Å²) in [6.07, 6.45) is 4.91. The van der Waals surface area contributed by atoms with Gasteiger partial charge in [-0.25, -0.2) is 0 Å². The molecule has 0 aromatic heterocycles. The van der Waals surface area contributed by atoms with Gasteiger partial charge < -0.3 is 9.47 Å². The van der Waals surface area contributed by atoms with Crippen LogP contribution in [-0.2, 0) is 22.7 Å². The van der Waals surface area contributed by atoms with Crippen LogP contribution in [0.15, 0.2) is 84.3 Å². The van der Waals surface area contributed by atoms with E-state index in [-0.39, 0.29) is 0 Å². The van der Waals surface area contributed by atoms with Crippen molar-refractivity contribution in [1.29, 1.82) is 0 Å². The summed E-state index contributed by atoms with van der Waals surface area (Å²) in [4.78, 5) is 0. The van der Waals surface area contributed by atoms with Crippen molar-refractivity contribution in [3.8, 4) is 0 Å². The molecular weight excluding hydrogens is 284 g/mol. The van der Waals surface area contributed by atoms with Crippen LogP contribution in [0.4, 0.5) is 0 Å². The van der Waals surface area contributed by atoms with E-state index < -0.39 is 0 Å². The van der Waals surface area contributed by atoms with E-state index in [1.54, 1.807) is 0 Å². The molecule has 0 N–H and O–H groups in total. The first-order valence-corrected chi connectivity index (χ1v) is 8.03. The lowest BCUT2D eigenvalue weighted by molar-refractivity contribution is 0.135. The van der Waals surface area contributed by atoms with E-state index in [1.807, 2.05) is 49.4 Å². The first kappa shape index (κ1) is 16.9. The molecule has 120 valence electrons. The van der Waals surface area contributed by atoms with Crippen molar-refractivity contribution >= 4 is 0 Å². The van der Waals surface area contributed by atoms with E-state index in [2.05, 4.69) is 37.3 Å². The quantitative estimate of drug-likeness (QED) is 0.465. The molecule has 0 aliphatic rings. The topological polar surface area (TPSA) is 18.5 Å². The van der Waals surface area contributed by atoms with Crippen molar-refractivity contribution in [3.63, 3.8) is 0 Å². The summed E-state index contributed by atoms with van der Waals surface area (Å²) in [5, 5.41) is 0. The summed E-state index contributed by atoms with van der Waals surface area (Å²) >= 11 is 0. The predicted molar refractivity (Wildman–Crippen MR) is 94.6 cm³/mol. The number of ether oxygens (including phenoxy) is 2. The Balaban J connectivity index is 1.98. The van der Waals surface area contributed by atoms with E-state index in [9.17, 15) is 0 Å². The van der Waals surface area contributed by atoms with Crippen LogP contribution in [0.1, 0.15) is 31.4 Å². The minimum Gasteiger partial charge on any atom is -0.485 e. The minimum absolute atomic E-state index is 0.538. The van der Waals surface area contributed by atoms with Crippen LogP contribution in [-0.4, -0.2) is 0 Å². The maximum atomic E-state index is 5.98. The molecule has 0 aliphatic carbocycles. The zero-order valence-corrected chi connectivity index (χ0v) is 13.9. The Morgan fingerprint density at radius 2 is 1.26 bits per heavy atom. The first-order valence-electron chi connectivity index (χ1n) is 8.03. The Morgan fingerprint density at radius 1 is 0.783 bits per heavy atom. The fraction of sp³-hybridized carbons (Fsp3) is 0.238. The molecule has 2 aromatic rings. The van der Waals surface area contributed by atoms with Crippen molar-refractivity contribution in [3.05, 3.63) is 95.5 Å². The van der Waals surface area contributed by atoms with E-state index in [4.69, 9.17) is 9.47 Å². The Labute approximate surface area is 139 Å². The second kappa shape index (κ2) is 9.52. The molecule has 2 aromatic carbocycles. The maximum absolute atomic E-state index is 5.98. The fourth-order valence-corrected chi connectivity index (χ4v) is 2.18. The standard InChI is InChI=1S/C21H24O2/c1-3-11-21(23-17-19-14-9-6-10-15-19)20(4-2)22-16-18-12-7-5-8-13-18/h4-15H,3,16-17H2,1-2H3/b20-4+,21-11+. The summed E-state index contributed by atoms with van der Waals surface area (Å²) in [6.45, 7) is 5.14. The zero-order valence-electron chi connectivity index (χ0n) is 13.9. The second-order valence-corrected chi connectivity index (χ2v) is 5.18. The molecule has 0 amide bonds. The monoisotopic (exact) mass is 308 g/mol. The largest absolute Gasteiger partial charge is 0.485 e. The molecule has 2 heteroatoms. The molecule has 2 nitrogen and oxygen atoms in total.